The van der Waals surface area contributed by atoms with E-state index in [1.54, 1.807) is 0 Å². The molecule has 1 heterocycles. The maximum Gasteiger partial charge on any atom is 0.306 e. The fraction of sp³-hybridized carbons (Fsp3) is 0.878. The Balaban J connectivity index is 2.21. The summed E-state index contributed by atoms with van der Waals surface area (Å²) in [6, 6.07) is 0. The summed E-state index contributed by atoms with van der Waals surface area (Å²) in [6.45, 7) is 17.2. The molecule has 1 fully saturated rings. The monoisotopic (exact) mass is 774 g/mol. The zero-order chi connectivity index (χ0) is 40.7. The summed E-state index contributed by atoms with van der Waals surface area (Å²) in [4.78, 5) is 32.0. The molecule has 0 aromatic heterocycles. The van der Waals surface area contributed by atoms with Gasteiger partial charge in [0.15, 0.2) is 0 Å². The minimum Gasteiger partial charge on any atom is -0.462 e. The number of unbranched alkanes of at least 4 members (excludes halogenated alkanes) is 22. The number of carbonyl (C=O) groups is 2. The SMILES string of the molecule is CCCCCCCC/C=C\CCCCCCCC(=O)OC1CC(C)(C)N(OCC(C)(C)OC(=O)CCCCCCC/C=C\CCCCCCCC)C(C)(C)C1. The molecule has 322 valence electrons. The molecule has 0 aliphatic carbocycles. The van der Waals surface area contributed by atoms with Gasteiger partial charge in [-0.25, -0.2) is 0 Å². The Hall–Kier alpha value is -1.66. The second kappa shape index (κ2) is 31.3. The van der Waals surface area contributed by atoms with Crippen LogP contribution in [0.2, 0.25) is 0 Å². The van der Waals surface area contributed by atoms with Gasteiger partial charge < -0.3 is 9.47 Å². The number of allylic oxidation sites excluding steroid dienone is 4. The zero-order valence-corrected chi connectivity index (χ0v) is 37.8. The first-order valence-electron chi connectivity index (χ1n) is 23.5. The van der Waals surface area contributed by atoms with Gasteiger partial charge >= 0.3 is 11.9 Å². The van der Waals surface area contributed by atoms with Crippen LogP contribution in [0, 0.1) is 0 Å². The molecule has 1 rings (SSSR count). The first-order valence-corrected chi connectivity index (χ1v) is 23.5. The van der Waals surface area contributed by atoms with E-state index in [0.717, 1.165) is 32.1 Å². The highest BCUT2D eigenvalue weighted by Crippen LogP contribution is 2.40. The molecule has 0 N–H and O–H groups in total. The highest BCUT2D eigenvalue weighted by molar-refractivity contribution is 5.70. The highest BCUT2D eigenvalue weighted by Gasteiger charge is 2.48. The van der Waals surface area contributed by atoms with E-state index in [1.165, 1.54) is 135 Å². The van der Waals surface area contributed by atoms with Crippen LogP contribution in [0.4, 0.5) is 0 Å². The largest absolute Gasteiger partial charge is 0.462 e. The summed E-state index contributed by atoms with van der Waals surface area (Å²) >= 11 is 0. The Morgan fingerprint density at radius 1 is 0.545 bits per heavy atom. The second-order valence-electron chi connectivity index (χ2n) is 18.6. The van der Waals surface area contributed by atoms with Crippen LogP contribution in [-0.4, -0.2) is 46.4 Å². The van der Waals surface area contributed by atoms with Crippen molar-refractivity contribution in [3.05, 3.63) is 24.3 Å². The number of ether oxygens (including phenoxy) is 2. The first-order chi connectivity index (χ1) is 26.3. The van der Waals surface area contributed by atoms with Crippen LogP contribution >= 0.6 is 0 Å². The number of rotatable bonds is 35. The summed E-state index contributed by atoms with van der Waals surface area (Å²) in [5, 5.41) is 2.05. The van der Waals surface area contributed by atoms with Gasteiger partial charge in [0, 0.05) is 36.8 Å². The third-order valence-corrected chi connectivity index (χ3v) is 11.1. The number of carbonyl (C=O) groups excluding carboxylic acids is 2. The van der Waals surface area contributed by atoms with E-state index < -0.39 is 5.60 Å². The molecule has 6 heteroatoms. The van der Waals surface area contributed by atoms with Crippen LogP contribution in [0.15, 0.2) is 24.3 Å². The molecule has 1 aliphatic heterocycles. The van der Waals surface area contributed by atoms with Crippen LogP contribution in [0.3, 0.4) is 0 Å². The lowest BCUT2D eigenvalue weighted by molar-refractivity contribution is -0.307. The molecule has 0 spiro atoms. The van der Waals surface area contributed by atoms with Crippen LogP contribution in [0.5, 0.6) is 0 Å². The van der Waals surface area contributed by atoms with Crippen molar-refractivity contribution in [3.63, 3.8) is 0 Å². The Kier molecular flexibility index (Phi) is 29.3. The molecular weight excluding hydrogens is 683 g/mol. The standard InChI is InChI=1S/C49H91NO5/c1-9-11-13-15-17-19-21-23-25-27-29-31-33-35-37-39-45(51)54-44-41-47(3,4)50(48(5,6)42-44)53-43-49(7,8)55-46(52)40-38-36-34-32-30-28-26-24-22-20-18-16-14-12-10-2/h23-26,44H,9-22,27-43H2,1-8H3/b25-23-,26-24-. The van der Waals surface area contributed by atoms with Crippen LogP contribution in [0.1, 0.15) is 248 Å². The molecule has 1 saturated heterocycles. The molecule has 55 heavy (non-hydrogen) atoms. The van der Waals surface area contributed by atoms with Crippen molar-refractivity contribution in [2.75, 3.05) is 6.61 Å². The van der Waals surface area contributed by atoms with Crippen molar-refractivity contribution < 1.29 is 23.9 Å². The van der Waals surface area contributed by atoms with Gasteiger partial charge in [-0.1, -0.05) is 141 Å². The van der Waals surface area contributed by atoms with Crippen molar-refractivity contribution in [2.24, 2.45) is 0 Å². The van der Waals surface area contributed by atoms with Gasteiger partial charge in [0.05, 0.1) is 0 Å². The molecule has 1 aliphatic rings. The smallest absolute Gasteiger partial charge is 0.306 e. The lowest BCUT2D eigenvalue weighted by Gasteiger charge is -2.53. The minimum atomic E-state index is -0.738. The van der Waals surface area contributed by atoms with Gasteiger partial charge in [-0.3, -0.25) is 14.4 Å². The Morgan fingerprint density at radius 2 is 0.891 bits per heavy atom. The number of hydrogen-bond donors (Lipinski definition) is 0. The number of hydroxylamine groups is 2. The Bertz CT molecular complexity index is 997. The van der Waals surface area contributed by atoms with Crippen LogP contribution < -0.4 is 0 Å². The van der Waals surface area contributed by atoms with E-state index in [-0.39, 0.29) is 35.7 Å². The second-order valence-corrected chi connectivity index (χ2v) is 18.6. The maximum absolute atomic E-state index is 12.8. The third-order valence-electron chi connectivity index (χ3n) is 11.1. The predicted octanol–water partition coefficient (Wildman–Crippen LogP) is 14.9. The maximum atomic E-state index is 12.8. The zero-order valence-electron chi connectivity index (χ0n) is 37.8. The lowest BCUT2D eigenvalue weighted by Crippen LogP contribution is -2.62. The molecule has 6 nitrogen and oxygen atoms in total. The predicted molar refractivity (Wildman–Crippen MR) is 234 cm³/mol. The Labute approximate surface area is 341 Å². The number of esters is 2. The van der Waals surface area contributed by atoms with Crippen molar-refractivity contribution in [2.45, 2.75) is 271 Å². The van der Waals surface area contributed by atoms with Crippen molar-refractivity contribution >= 4 is 11.9 Å². The molecule has 0 bridgehead atoms. The van der Waals surface area contributed by atoms with Crippen molar-refractivity contribution in [1.82, 2.24) is 5.06 Å². The summed E-state index contributed by atoms with van der Waals surface area (Å²) in [5.41, 5.74) is -1.43. The number of hydrogen-bond acceptors (Lipinski definition) is 6. The molecular formula is C49H91NO5. The fourth-order valence-corrected chi connectivity index (χ4v) is 8.14. The topological polar surface area (TPSA) is 65.1 Å². The van der Waals surface area contributed by atoms with E-state index in [1.807, 2.05) is 18.9 Å². The van der Waals surface area contributed by atoms with Crippen molar-refractivity contribution in [1.29, 1.82) is 0 Å². The number of nitrogens with zero attached hydrogens (tertiary/aromatic N) is 1. The van der Waals surface area contributed by atoms with Gasteiger partial charge in [0.1, 0.15) is 18.3 Å². The molecule has 0 radical (unpaired) electrons. The Morgan fingerprint density at radius 3 is 1.29 bits per heavy atom. The van der Waals surface area contributed by atoms with E-state index in [9.17, 15) is 9.59 Å². The van der Waals surface area contributed by atoms with Gasteiger partial charge in [-0.2, -0.15) is 5.06 Å². The van der Waals surface area contributed by atoms with Crippen LogP contribution in [0.25, 0.3) is 0 Å². The van der Waals surface area contributed by atoms with E-state index in [2.05, 4.69) is 65.8 Å². The summed E-state index contributed by atoms with van der Waals surface area (Å²) in [7, 11) is 0. The van der Waals surface area contributed by atoms with E-state index in [4.69, 9.17) is 14.3 Å². The van der Waals surface area contributed by atoms with E-state index in [0.29, 0.717) is 25.7 Å². The average molecular weight is 774 g/mol. The van der Waals surface area contributed by atoms with Gasteiger partial charge in [0.2, 0.25) is 0 Å². The highest BCUT2D eigenvalue weighted by atomic mass is 16.7. The molecule has 0 atom stereocenters. The van der Waals surface area contributed by atoms with Gasteiger partial charge in [-0.05, 0) is 106 Å². The minimum absolute atomic E-state index is 0.0807. The summed E-state index contributed by atoms with van der Waals surface area (Å²) < 4.78 is 11.9. The molecule has 0 amide bonds. The third kappa shape index (κ3) is 27.6. The fourth-order valence-electron chi connectivity index (χ4n) is 8.14. The molecule has 0 saturated carbocycles. The normalized spacial score (nSPS) is 16.4. The lowest BCUT2D eigenvalue weighted by atomic mass is 9.80. The average Bonchev–Trinajstić information content (AvgIpc) is 3.10. The first kappa shape index (κ1) is 51.4. The summed E-state index contributed by atoms with van der Waals surface area (Å²) in [5.74, 6) is -0.232. The van der Waals surface area contributed by atoms with Gasteiger partial charge in [0.25, 0.3) is 0 Å². The summed E-state index contributed by atoms with van der Waals surface area (Å²) in [6.07, 6.45) is 43.9. The molecule has 0 aromatic rings. The number of piperidine rings is 1. The molecule has 0 unspecified atom stereocenters. The van der Waals surface area contributed by atoms with Gasteiger partial charge in [-0.15, -0.1) is 0 Å². The van der Waals surface area contributed by atoms with Crippen molar-refractivity contribution in [3.8, 4) is 0 Å². The van der Waals surface area contributed by atoms with Crippen LogP contribution in [-0.2, 0) is 23.9 Å². The molecule has 0 aromatic carbocycles. The quantitative estimate of drug-likeness (QED) is 0.0363. The van der Waals surface area contributed by atoms with E-state index >= 15 is 0 Å².